The Hall–Kier alpha value is -2.24. The van der Waals surface area contributed by atoms with Crippen LogP contribution in [-0.2, 0) is 0 Å². The van der Waals surface area contributed by atoms with Gasteiger partial charge in [0.05, 0.1) is 5.69 Å². The lowest BCUT2D eigenvalue weighted by molar-refractivity contribution is 0.249. The molecule has 0 spiro atoms. The Kier molecular flexibility index (Phi) is 1.74. The number of urea groups is 2. The molecule has 2 N–H and O–H groups in total. The van der Waals surface area contributed by atoms with Crippen LogP contribution in [0.4, 0.5) is 21.0 Å². The van der Waals surface area contributed by atoms with E-state index in [0.29, 0.717) is 11.4 Å². The Morgan fingerprint density at radius 3 is 2.00 bits per heavy atom. The fourth-order valence-electron chi connectivity index (χ4n) is 1.10. The van der Waals surface area contributed by atoms with Gasteiger partial charge in [-0.25, -0.2) is 14.5 Å². The molecule has 14 heavy (non-hydrogen) atoms. The van der Waals surface area contributed by atoms with Crippen molar-refractivity contribution in [3.8, 4) is 0 Å². The van der Waals surface area contributed by atoms with E-state index in [0.717, 1.165) is 4.90 Å². The van der Waals surface area contributed by atoms with Gasteiger partial charge in [0, 0.05) is 5.69 Å². The normalized spacial score (nSPS) is 15.3. The van der Waals surface area contributed by atoms with Gasteiger partial charge in [0.25, 0.3) is 0 Å². The van der Waals surface area contributed by atoms with Gasteiger partial charge in [0.15, 0.2) is 0 Å². The molecule has 0 saturated heterocycles. The lowest BCUT2D eigenvalue weighted by atomic mass is 10.3. The zero-order valence-corrected chi connectivity index (χ0v) is 7.04. The maximum atomic E-state index is 11.1. The Bertz CT molecular complexity index is 405. The molecule has 0 unspecified atom stereocenters. The zero-order valence-electron chi connectivity index (χ0n) is 7.04. The number of nitrogens with two attached hydrogens (primary N) is 1. The smallest absolute Gasteiger partial charge is 0.375 e. The Labute approximate surface area is 79.0 Å². The second-order valence-corrected chi connectivity index (χ2v) is 2.69. The van der Waals surface area contributed by atoms with Crippen molar-refractivity contribution in [1.82, 2.24) is 0 Å². The number of hydrogen-bond acceptors (Lipinski definition) is 3. The minimum atomic E-state index is -0.681. The van der Waals surface area contributed by atoms with Crippen LogP contribution in [0.3, 0.4) is 0 Å². The summed E-state index contributed by atoms with van der Waals surface area (Å²) < 4.78 is 0. The van der Waals surface area contributed by atoms with E-state index in [9.17, 15) is 9.59 Å². The largest absolute Gasteiger partial charge is 0.399 e. The van der Waals surface area contributed by atoms with E-state index < -0.39 is 12.1 Å². The number of nitrogen functional groups attached to an aromatic ring is 1. The molecule has 0 fully saturated rings. The maximum Gasteiger partial charge on any atom is 0.375 e. The molecule has 0 aromatic heterocycles. The molecule has 0 atom stereocenters. The third kappa shape index (κ3) is 1.22. The van der Waals surface area contributed by atoms with Gasteiger partial charge in [0.2, 0.25) is 0 Å². The first-order valence-corrected chi connectivity index (χ1v) is 3.84. The standard InChI is InChI=1S/C8H6N4O2/c9-5-1-3-6(4-2-5)12-7(13)10-11-8(12)14/h1-4H,9H2. The van der Waals surface area contributed by atoms with Crippen molar-refractivity contribution >= 4 is 23.4 Å². The van der Waals surface area contributed by atoms with Gasteiger partial charge in [-0.15, -0.1) is 0 Å². The fraction of sp³-hybridized carbons (Fsp3) is 0. The van der Waals surface area contributed by atoms with E-state index in [-0.39, 0.29) is 0 Å². The third-order valence-corrected chi connectivity index (χ3v) is 1.75. The number of amides is 4. The molecule has 0 saturated carbocycles. The number of rotatable bonds is 1. The summed E-state index contributed by atoms with van der Waals surface area (Å²) >= 11 is 0. The summed E-state index contributed by atoms with van der Waals surface area (Å²) in [6.45, 7) is 0. The lowest BCUT2D eigenvalue weighted by Crippen LogP contribution is -2.27. The molecule has 1 aliphatic heterocycles. The predicted molar refractivity (Wildman–Crippen MR) is 49.0 cm³/mol. The highest BCUT2D eigenvalue weighted by molar-refractivity contribution is 6.17. The van der Waals surface area contributed by atoms with Gasteiger partial charge in [-0.1, -0.05) is 10.2 Å². The van der Waals surface area contributed by atoms with Crippen LogP contribution in [0.15, 0.2) is 34.5 Å². The topological polar surface area (TPSA) is 88.1 Å². The molecule has 70 valence electrons. The molecule has 6 heteroatoms. The van der Waals surface area contributed by atoms with Crippen LogP contribution in [-0.4, -0.2) is 12.1 Å². The quantitative estimate of drug-likeness (QED) is 0.684. The number of nitrogens with zero attached hydrogens (tertiary/aromatic N) is 3. The van der Waals surface area contributed by atoms with Gasteiger partial charge in [-0.3, -0.25) is 0 Å². The van der Waals surface area contributed by atoms with Crippen molar-refractivity contribution in [2.24, 2.45) is 10.2 Å². The number of carbonyl (C=O) groups excluding carboxylic acids is 2. The van der Waals surface area contributed by atoms with Crippen LogP contribution in [0.2, 0.25) is 0 Å². The summed E-state index contributed by atoms with van der Waals surface area (Å²) in [5, 5.41) is 6.26. The zero-order chi connectivity index (χ0) is 10.1. The molecule has 4 amide bonds. The van der Waals surface area contributed by atoms with Crippen molar-refractivity contribution in [3.05, 3.63) is 24.3 Å². The third-order valence-electron chi connectivity index (χ3n) is 1.75. The number of hydrogen-bond donors (Lipinski definition) is 1. The summed E-state index contributed by atoms with van der Waals surface area (Å²) in [4.78, 5) is 23.0. The number of anilines is 2. The molecular weight excluding hydrogens is 184 g/mol. The molecular formula is C8H6N4O2. The Balaban J connectivity index is 2.36. The molecule has 1 aromatic rings. The minimum absolute atomic E-state index is 0.416. The van der Waals surface area contributed by atoms with Crippen LogP contribution in [0.25, 0.3) is 0 Å². The number of imide groups is 1. The summed E-state index contributed by atoms with van der Waals surface area (Å²) in [5.41, 5.74) is 6.43. The van der Waals surface area contributed by atoms with E-state index >= 15 is 0 Å². The summed E-state index contributed by atoms with van der Waals surface area (Å²) in [6.07, 6.45) is 0. The molecule has 2 rings (SSSR count). The first-order chi connectivity index (χ1) is 6.68. The van der Waals surface area contributed by atoms with Gasteiger partial charge in [-0.2, -0.15) is 0 Å². The summed E-state index contributed by atoms with van der Waals surface area (Å²) in [5.74, 6) is 0. The van der Waals surface area contributed by atoms with Gasteiger partial charge < -0.3 is 5.73 Å². The summed E-state index contributed by atoms with van der Waals surface area (Å²) in [6, 6.07) is 4.94. The Morgan fingerprint density at radius 1 is 1.00 bits per heavy atom. The van der Waals surface area contributed by atoms with Crippen molar-refractivity contribution in [3.63, 3.8) is 0 Å². The maximum absolute atomic E-state index is 11.1. The van der Waals surface area contributed by atoms with Gasteiger partial charge in [0.1, 0.15) is 0 Å². The second-order valence-electron chi connectivity index (χ2n) is 2.69. The van der Waals surface area contributed by atoms with E-state index in [1.54, 1.807) is 24.3 Å². The van der Waals surface area contributed by atoms with Crippen LogP contribution < -0.4 is 10.6 Å². The number of carbonyl (C=O) groups is 2. The van der Waals surface area contributed by atoms with Crippen LogP contribution in [0.1, 0.15) is 0 Å². The first-order valence-electron chi connectivity index (χ1n) is 3.84. The molecule has 0 aliphatic carbocycles. The monoisotopic (exact) mass is 190 g/mol. The highest BCUT2D eigenvalue weighted by Crippen LogP contribution is 2.21. The summed E-state index contributed by atoms with van der Waals surface area (Å²) in [7, 11) is 0. The predicted octanol–water partition coefficient (Wildman–Crippen LogP) is 1.78. The average Bonchev–Trinajstić information content (AvgIpc) is 2.49. The van der Waals surface area contributed by atoms with E-state index in [1.165, 1.54) is 0 Å². The lowest BCUT2D eigenvalue weighted by Gasteiger charge is -2.09. The molecule has 0 bridgehead atoms. The Morgan fingerprint density at radius 2 is 1.50 bits per heavy atom. The average molecular weight is 190 g/mol. The van der Waals surface area contributed by atoms with E-state index in [2.05, 4.69) is 10.2 Å². The first kappa shape index (κ1) is 8.36. The van der Waals surface area contributed by atoms with E-state index in [1.807, 2.05) is 0 Å². The van der Waals surface area contributed by atoms with Crippen molar-refractivity contribution < 1.29 is 9.59 Å². The van der Waals surface area contributed by atoms with Crippen LogP contribution in [0, 0.1) is 0 Å². The molecule has 1 heterocycles. The highest BCUT2D eigenvalue weighted by Gasteiger charge is 2.28. The van der Waals surface area contributed by atoms with Crippen molar-refractivity contribution in [1.29, 1.82) is 0 Å². The molecule has 1 aromatic carbocycles. The molecule has 0 radical (unpaired) electrons. The van der Waals surface area contributed by atoms with Gasteiger partial charge in [-0.05, 0) is 24.3 Å². The number of azo groups is 1. The fourth-order valence-corrected chi connectivity index (χ4v) is 1.10. The molecule has 6 nitrogen and oxygen atoms in total. The van der Waals surface area contributed by atoms with Crippen LogP contribution >= 0.6 is 0 Å². The molecule has 1 aliphatic rings. The number of benzene rings is 1. The second kappa shape index (κ2) is 2.91. The van der Waals surface area contributed by atoms with Crippen LogP contribution in [0.5, 0.6) is 0 Å². The van der Waals surface area contributed by atoms with Crippen molar-refractivity contribution in [2.45, 2.75) is 0 Å². The van der Waals surface area contributed by atoms with Gasteiger partial charge >= 0.3 is 12.1 Å². The highest BCUT2D eigenvalue weighted by atomic mass is 16.2. The SMILES string of the molecule is Nc1ccc(N2C(=O)N=NC2=O)cc1. The minimum Gasteiger partial charge on any atom is -0.399 e. The van der Waals surface area contributed by atoms with Crippen molar-refractivity contribution in [2.75, 3.05) is 10.6 Å². The van der Waals surface area contributed by atoms with E-state index in [4.69, 9.17) is 5.73 Å².